The van der Waals surface area contributed by atoms with Crippen LogP contribution in [0, 0.1) is 5.92 Å². The smallest absolute Gasteiger partial charge is 0.257 e. The molecule has 1 fully saturated rings. The van der Waals surface area contributed by atoms with E-state index in [0.717, 1.165) is 5.92 Å². The second-order valence-corrected chi connectivity index (χ2v) is 6.01. The Morgan fingerprint density at radius 2 is 2.11 bits per heavy atom. The van der Waals surface area contributed by atoms with Crippen molar-refractivity contribution in [3.63, 3.8) is 0 Å². The number of halogens is 2. The number of nitrogens with one attached hydrogen (secondary N) is 1. The van der Waals surface area contributed by atoms with Gasteiger partial charge in [-0.3, -0.25) is 4.79 Å². The predicted octanol–water partition coefficient (Wildman–Crippen LogP) is 3.01. The van der Waals surface area contributed by atoms with Crippen LogP contribution in [0.15, 0.2) is 24.3 Å². The Labute approximate surface area is 120 Å². The molecule has 0 bridgehead atoms. The lowest BCUT2D eigenvalue weighted by molar-refractivity contribution is -0.123. The molecule has 0 heterocycles. The van der Waals surface area contributed by atoms with E-state index < -0.39 is 0 Å². The molecule has 0 saturated heterocycles. The lowest BCUT2D eigenvalue weighted by Gasteiger charge is -2.10. The molecule has 98 valence electrons. The van der Waals surface area contributed by atoms with Crippen LogP contribution in [0.25, 0.3) is 0 Å². The summed E-state index contributed by atoms with van der Waals surface area (Å²) in [5.41, 5.74) is 0. The zero-order chi connectivity index (χ0) is 13.0. The van der Waals surface area contributed by atoms with Gasteiger partial charge in [-0.2, -0.15) is 0 Å². The molecule has 1 aromatic carbocycles. The Morgan fingerprint density at radius 1 is 1.44 bits per heavy atom. The van der Waals surface area contributed by atoms with Crippen molar-refractivity contribution in [2.45, 2.75) is 17.7 Å². The summed E-state index contributed by atoms with van der Waals surface area (Å²) in [6, 6.07) is 6.95. The van der Waals surface area contributed by atoms with Crippen molar-refractivity contribution in [3.05, 3.63) is 29.3 Å². The molecule has 18 heavy (non-hydrogen) atoms. The van der Waals surface area contributed by atoms with E-state index >= 15 is 0 Å². The number of carbonyl (C=O) groups is 1. The maximum Gasteiger partial charge on any atom is 0.257 e. The third kappa shape index (κ3) is 4.50. The summed E-state index contributed by atoms with van der Waals surface area (Å²) in [5.74, 6) is 1.27. The van der Waals surface area contributed by atoms with Gasteiger partial charge in [0.1, 0.15) is 5.75 Å². The zero-order valence-electron chi connectivity index (χ0n) is 9.86. The maximum atomic E-state index is 11.5. The summed E-state index contributed by atoms with van der Waals surface area (Å²) in [4.78, 5) is 11.9. The molecule has 0 aliphatic heterocycles. The number of amides is 1. The van der Waals surface area contributed by atoms with Gasteiger partial charge in [-0.15, -0.1) is 0 Å². The Hall–Kier alpha value is -0.740. The number of benzene rings is 1. The summed E-state index contributed by atoms with van der Waals surface area (Å²) >= 11 is 9.32. The van der Waals surface area contributed by atoms with Gasteiger partial charge in [-0.1, -0.05) is 27.5 Å². The van der Waals surface area contributed by atoms with Crippen molar-refractivity contribution in [1.82, 2.24) is 5.32 Å². The SMILES string of the molecule is O=C(COc1ccc(Cl)cc1)NCC(Br)C1CC1. The lowest BCUT2D eigenvalue weighted by atomic mass is 10.3. The molecule has 0 aromatic heterocycles. The van der Waals surface area contributed by atoms with Gasteiger partial charge in [0.2, 0.25) is 0 Å². The van der Waals surface area contributed by atoms with Crippen LogP contribution in [0.3, 0.4) is 0 Å². The Morgan fingerprint density at radius 3 is 2.72 bits per heavy atom. The summed E-state index contributed by atoms with van der Waals surface area (Å²) in [6.07, 6.45) is 2.51. The van der Waals surface area contributed by atoms with E-state index in [9.17, 15) is 4.79 Å². The molecule has 1 aliphatic carbocycles. The van der Waals surface area contributed by atoms with Crippen LogP contribution in [0.5, 0.6) is 5.75 Å². The van der Waals surface area contributed by atoms with E-state index in [1.165, 1.54) is 12.8 Å². The van der Waals surface area contributed by atoms with Crippen LogP contribution in [0.4, 0.5) is 0 Å². The van der Waals surface area contributed by atoms with Crippen molar-refractivity contribution >= 4 is 33.4 Å². The van der Waals surface area contributed by atoms with Crippen molar-refractivity contribution in [3.8, 4) is 5.75 Å². The van der Waals surface area contributed by atoms with Gasteiger partial charge in [0.25, 0.3) is 5.91 Å². The summed E-state index contributed by atoms with van der Waals surface area (Å²) in [6.45, 7) is 0.694. The first kappa shape index (κ1) is 13.7. The molecule has 1 unspecified atom stereocenters. The largest absolute Gasteiger partial charge is 0.484 e. The average Bonchev–Trinajstić information content (AvgIpc) is 3.19. The number of ether oxygens (including phenoxy) is 1. The predicted molar refractivity (Wildman–Crippen MR) is 75.4 cm³/mol. The summed E-state index contributed by atoms with van der Waals surface area (Å²) in [5, 5.41) is 3.50. The lowest BCUT2D eigenvalue weighted by Crippen LogP contribution is -2.34. The van der Waals surface area contributed by atoms with E-state index in [2.05, 4.69) is 21.2 Å². The topological polar surface area (TPSA) is 38.3 Å². The molecular formula is C13H15BrClNO2. The number of hydrogen-bond acceptors (Lipinski definition) is 2. The number of hydrogen-bond donors (Lipinski definition) is 1. The van der Waals surface area contributed by atoms with Gasteiger partial charge in [0.05, 0.1) is 0 Å². The van der Waals surface area contributed by atoms with Crippen molar-refractivity contribution in [2.24, 2.45) is 5.92 Å². The molecule has 1 aromatic rings. The van der Waals surface area contributed by atoms with Crippen LogP contribution < -0.4 is 10.1 Å². The van der Waals surface area contributed by atoms with Crippen LogP contribution in [0.2, 0.25) is 5.02 Å². The van der Waals surface area contributed by atoms with Crippen molar-refractivity contribution in [2.75, 3.05) is 13.2 Å². The fourth-order valence-electron chi connectivity index (χ4n) is 1.57. The van der Waals surface area contributed by atoms with Crippen molar-refractivity contribution < 1.29 is 9.53 Å². The molecule has 0 radical (unpaired) electrons. The highest BCUT2D eigenvalue weighted by Gasteiger charge is 2.29. The minimum Gasteiger partial charge on any atom is -0.484 e. The normalized spacial score (nSPS) is 16.1. The number of carbonyl (C=O) groups excluding carboxylic acids is 1. The Balaban J connectivity index is 1.66. The minimum absolute atomic E-state index is 0.0337. The Bertz CT molecular complexity index is 406. The molecule has 2 rings (SSSR count). The quantitative estimate of drug-likeness (QED) is 0.813. The Kier molecular flexibility index (Phi) is 4.89. The monoisotopic (exact) mass is 331 g/mol. The van der Waals surface area contributed by atoms with Gasteiger partial charge in [-0.25, -0.2) is 0 Å². The average molecular weight is 333 g/mol. The molecule has 1 atom stereocenters. The fraction of sp³-hybridized carbons (Fsp3) is 0.462. The van der Waals surface area contributed by atoms with Gasteiger partial charge in [0, 0.05) is 16.4 Å². The van der Waals surface area contributed by atoms with Gasteiger partial charge in [0.15, 0.2) is 6.61 Å². The van der Waals surface area contributed by atoms with Crippen molar-refractivity contribution in [1.29, 1.82) is 0 Å². The number of alkyl halides is 1. The first-order chi connectivity index (χ1) is 8.65. The second-order valence-electron chi connectivity index (χ2n) is 4.40. The third-order valence-electron chi connectivity index (χ3n) is 2.81. The molecule has 1 saturated carbocycles. The highest BCUT2D eigenvalue weighted by molar-refractivity contribution is 9.09. The molecule has 1 aliphatic rings. The van der Waals surface area contributed by atoms with E-state index in [4.69, 9.17) is 16.3 Å². The van der Waals surface area contributed by atoms with Gasteiger partial charge < -0.3 is 10.1 Å². The van der Waals surface area contributed by atoms with Crippen LogP contribution in [-0.2, 0) is 4.79 Å². The molecule has 1 amide bonds. The molecule has 3 nitrogen and oxygen atoms in total. The van der Waals surface area contributed by atoms with Crippen LogP contribution in [-0.4, -0.2) is 23.9 Å². The van der Waals surface area contributed by atoms with E-state index in [1.54, 1.807) is 24.3 Å². The van der Waals surface area contributed by atoms with E-state index in [-0.39, 0.29) is 12.5 Å². The summed E-state index contributed by atoms with van der Waals surface area (Å²) in [7, 11) is 0. The maximum absolute atomic E-state index is 11.5. The number of rotatable bonds is 6. The van der Waals surface area contributed by atoms with E-state index in [1.807, 2.05) is 0 Å². The minimum atomic E-state index is -0.102. The molecular weight excluding hydrogens is 318 g/mol. The molecule has 1 N–H and O–H groups in total. The molecule has 0 spiro atoms. The highest BCUT2D eigenvalue weighted by atomic mass is 79.9. The molecule has 5 heteroatoms. The second kappa shape index (κ2) is 6.43. The highest BCUT2D eigenvalue weighted by Crippen LogP contribution is 2.36. The first-order valence-electron chi connectivity index (χ1n) is 5.94. The van der Waals surface area contributed by atoms with Gasteiger partial charge >= 0.3 is 0 Å². The van der Waals surface area contributed by atoms with Crippen LogP contribution >= 0.6 is 27.5 Å². The third-order valence-corrected chi connectivity index (χ3v) is 4.13. The zero-order valence-corrected chi connectivity index (χ0v) is 12.2. The first-order valence-corrected chi connectivity index (χ1v) is 7.23. The fourth-order valence-corrected chi connectivity index (χ4v) is 2.38. The standard InChI is InChI=1S/C13H15BrClNO2/c14-12(9-1-2-9)7-16-13(17)8-18-11-5-3-10(15)4-6-11/h3-6,9,12H,1-2,7-8H2,(H,16,17). The van der Waals surface area contributed by atoms with Gasteiger partial charge in [-0.05, 0) is 43.0 Å². The van der Waals surface area contributed by atoms with Crippen LogP contribution in [0.1, 0.15) is 12.8 Å². The summed E-state index contributed by atoms with van der Waals surface area (Å²) < 4.78 is 5.35. The van der Waals surface area contributed by atoms with E-state index in [0.29, 0.717) is 22.1 Å².